The monoisotopic (exact) mass is 323 g/mol. The summed E-state index contributed by atoms with van der Waals surface area (Å²) in [7, 11) is 0. The van der Waals surface area contributed by atoms with E-state index in [2.05, 4.69) is 32.4 Å². The second-order valence-electron chi connectivity index (χ2n) is 4.98. The Kier molecular flexibility index (Phi) is 4.25. The van der Waals surface area contributed by atoms with Crippen LogP contribution in [0, 0.1) is 12.8 Å². The number of fused-ring (bicyclic) bond motifs is 1. The topological polar surface area (TPSA) is 83.6 Å². The molecule has 0 radical (unpaired) electrons. The van der Waals surface area contributed by atoms with Gasteiger partial charge in [-0.05, 0) is 25.5 Å². The largest absolute Gasteiger partial charge is 0.346 e. The van der Waals surface area contributed by atoms with Crippen molar-refractivity contribution in [3.63, 3.8) is 0 Å². The fourth-order valence-corrected chi connectivity index (χ4v) is 4.15. The van der Waals surface area contributed by atoms with Crippen LogP contribution in [0.5, 0.6) is 0 Å². The number of nitrogens with one attached hydrogen (secondary N) is 2. The van der Waals surface area contributed by atoms with E-state index in [-0.39, 0.29) is 11.8 Å². The zero-order valence-electron chi connectivity index (χ0n) is 12.0. The molecular weight excluding hydrogens is 306 g/mol. The van der Waals surface area contributed by atoms with Crippen molar-refractivity contribution in [1.82, 2.24) is 20.2 Å². The molecule has 2 heterocycles. The highest BCUT2D eigenvalue weighted by molar-refractivity contribution is 8.01. The maximum atomic E-state index is 12.3. The second-order valence-corrected chi connectivity index (χ2v) is 7.47. The Morgan fingerprint density at radius 2 is 2.38 bits per heavy atom. The third-order valence-electron chi connectivity index (χ3n) is 3.44. The van der Waals surface area contributed by atoms with Gasteiger partial charge in [-0.3, -0.25) is 4.79 Å². The number of rotatable bonds is 4. The molecule has 0 aromatic carbocycles. The van der Waals surface area contributed by atoms with Gasteiger partial charge in [-0.15, -0.1) is 10.2 Å². The normalized spacial score (nSPS) is 17.5. The van der Waals surface area contributed by atoms with Gasteiger partial charge in [0.2, 0.25) is 11.0 Å². The summed E-state index contributed by atoms with van der Waals surface area (Å²) in [5.41, 5.74) is 2.20. The molecule has 21 heavy (non-hydrogen) atoms. The lowest BCUT2D eigenvalue weighted by atomic mass is 9.89. The van der Waals surface area contributed by atoms with E-state index in [4.69, 9.17) is 0 Å². The average molecular weight is 323 g/mol. The van der Waals surface area contributed by atoms with Crippen LogP contribution in [0.2, 0.25) is 0 Å². The lowest BCUT2D eigenvalue weighted by Crippen LogP contribution is -2.28. The van der Waals surface area contributed by atoms with Gasteiger partial charge < -0.3 is 10.3 Å². The van der Waals surface area contributed by atoms with Crippen LogP contribution in [0.4, 0.5) is 5.13 Å². The minimum Gasteiger partial charge on any atom is -0.346 e. The third kappa shape index (κ3) is 3.26. The highest BCUT2D eigenvalue weighted by atomic mass is 32.2. The van der Waals surface area contributed by atoms with Gasteiger partial charge in [0, 0.05) is 18.0 Å². The number of aromatic nitrogens is 4. The molecular formula is C13H17N5OS2. The van der Waals surface area contributed by atoms with E-state index in [9.17, 15) is 4.79 Å². The average Bonchev–Trinajstić information content (AvgIpc) is 3.03. The summed E-state index contributed by atoms with van der Waals surface area (Å²) in [6, 6.07) is 0. The molecule has 0 spiro atoms. The zero-order valence-corrected chi connectivity index (χ0v) is 13.6. The molecule has 8 heteroatoms. The number of hydrogen-bond donors (Lipinski definition) is 2. The Morgan fingerprint density at radius 3 is 3.19 bits per heavy atom. The van der Waals surface area contributed by atoms with Gasteiger partial charge in [-0.25, -0.2) is 4.98 Å². The summed E-state index contributed by atoms with van der Waals surface area (Å²) in [6.45, 7) is 4.01. The number of thioether (sulfide) groups is 1. The molecule has 0 fully saturated rings. The Balaban J connectivity index is 1.63. The van der Waals surface area contributed by atoms with Crippen LogP contribution in [0.25, 0.3) is 0 Å². The summed E-state index contributed by atoms with van der Waals surface area (Å²) in [5.74, 6) is 1.87. The molecule has 0 saturated heterocycles. The highest BCUT2D eigenvalue weighted by Crippen LogP contribution is 2.28. The predicted molar refractivity (Wildman–Crippen MR) is 83.8 cm³/mol. The number of nitrogens with zero attached hydrogens (tertiary/aromatic N) is 3. The first-order valence-corrected chi connectivity index (χ1v) is 8.77. The number of carbonyl (C=O) groups excluding carboxylic acids is 1. The van der Waals surface area contributed by atoms with Gasteiger partial charge in [0.15, 0.2) is 4.34 Å². The summed E-state index contributed by atoms with van der Waals surface area (Å²) in [5, 5.41) is 11.5. The van der Waals surface area contributed by atoms with Crippen LogP contribution in [0.1, 0.15) is 30.6 Å². The molecule has 1 atom stereocenters. The SMILES string of the molecule is CCSc1nnc(NC(=O)C2CCc3nc(C)[nH]c3C2)s1. The van der Waals surface area contributed by atoms with E-state index in [1.807, 2.05) is 6.92 Å². The van der Waals surface area contributed by atoms with Crippen molar-refractivity contribution in [3.05, 3.63) is 17.2 Å². The van der Waals surface area contributed by atoms with Crippen LogP contribution in [0.3, 0.4) is 0 Å². The number of amides is 1. The number of aromatic amines is 1. The molecule has 1 aliphatic carbocycles. The van der Waals surface area contributed by atoms with Crippen molar-refractivity contribution >= 4 is 34.1 Å². The first kappa shape index (κ1) is 14.5. The molecule has 2 N–H and O–H groups in total. The summed E-state index contributed by atoms with van der Waals surface area (Å²) in [6.07, 6.45) is 2.40. The molecule has 1 unspecified atom stereocenters. The predicted octanol–water partition coefficient (Wildman–Crippen LogP) is 2.43. The fraction of sp³-hybridized carbons (Fsp3) is 0.538. The number of imidazole rings is 1. The molecule has 2 aromatic heterocycles. The minimum absolute atomic E-state index is 0.0245. The van der Waals surface area contributed by atoms with Crippen molar-refractivity contribution in [1.29, 1.82) is 0 Å². The number of anilines is 1. The Hall–Kier alpha value is -1.41. The van der Waals surface area contributed by atoms with Gasteiger partial charge in [-0.2, -0.15) is 0 Å². The molecule has 1 aliphatic rings. The molecule has 0 saturated carbocycles. The highest BCUT2D eigenvalue weighted by Gasteiger charge is 2.27. The summed E-state index contributed by atoms with van der Waals surface area (Å²) < 4.78 is 0.892. The summed E-state index contributed by atoms with van der Waals surface area (Å²) in [4.78, 5) is 20.0. The number of H-pyrrole nitrogens is 1. The van der Waals surface area contributed by atoms with Crippen LogP contribution >= 0.6 is 23.1 Å². The maximum absolute atomic E-state index is 12.3. The van der Waals surface area contributed by atoms with E-state index >= 15 is 0 Å². The van der Waals surface area contributed by atoms with Crippen molar-refractivity contribution < 1.29 is 4.79 Å². The lowest BCUT2D eigenvalue weighted by molar-refractivity contribution is -0.120. The smallest absolute Gasteiger partial charge is 0.229 e. The first-order valence-electron chi connectivity index (χ1n) is 6.97. The van der Waals surface area contributed by atoms with E-state index in [1.165, 1.54) is 11.3 Å². The lowest BCUT2D eigenvalue weighted by Gasteiger charge is -2.19. The van der Waals surface area contributed by atoms with Crippen LogP contribution < -0.4 is 5.32 Å². The standard InChI is InChI=1S/C13H17N5OS2/c1-3-20-13-18-17-12(21-13)16-11(19)8-4-5-9-10(6-8)15-7(2)14-9/h8H,3-6H2,1-2H3,(H,14,15)(H,16,17,19). The number of hydrogen-bond acceptors (Lipinski definition) is 6. The molecule has 3 rings (SSSR count). The molecule has 2 aromatic rings. The molecule has 0 aliphatic heterocycles. The number of aryl methyl sites for hydroxylation is 2. The summed E-state index contributed by atoms with van der Waals surface area (Å²) >= 11 is 3.06. The van der Waals surface area contributed by atoms with Gasteiger partial charge in [0.05, 0.1) is 5.69 Å². The van der Waals surface area contributed by atoms with E-state index < -0.39 is 0 Å². The van der Waals surface area contributed by atoms with Crippen molar-refractivity contribution in [2.75, 3.05) is 11.1 Å². The molecule has 6 nitrogen and oxygen atoms in total. The van der Waals surface area contributed by atoms with Gasteiger partial charge in [0.25, 0.3) is 0 Å². The van der Waals surface area contributed by atoms with E-state index in [0.717, 1.165) is 46.6 Å². The zero-order chi connectivity index (χ0) is 14.8. The van der Waals surface area contributed by atoms with Crippen LogP contribution in [-0.2, 0) is 17.6 Å². The number of carbonyl (C=O) groups is 1. The van der Waals surface area contributed by atoms with Crippen molar-refractivity contribution in [2.45, 2.75) is 37.4 Å². The van der Waals surface area contributed by atoms with Crippen molar-refractivity contribution in [2.24, 2.45) is 5.92 Å². The minimum atomic E-state index is -0.0245. The molecule has 1 amide bonds. The van der Waals surface area contributed by atoms with Gasteiger partial charge >= 0.3 is 0 Å². The van der Waals surface area contributed by atoms with Crippen LogP contribution in [0.15, 0.2) is 4.34 Å². The van der Waals surface area contributed by atoms with E-state index in [0.29, 0.717) is 5.13 Å². The quantitative estimate of drug-likeness (QED) is 0.667. The fourth-order valence-electron chi connectivity index (χ4n) is 2.50. The van der Waals surface area contributed by atoms with Crippen molar-refractivity contribution in [3.8, 4) is 0 Å². The van der Waals surface area contributed by atoms with Gasteiger partial charge in [-0.1, -0.05) is 30.0 Å². The van der Waals surface area contributed by atoms with Gasteiger partial charge in [0.1, 0.15) is 5.82 Å². The second kappa shape index (κ2) is 6.15. The third-order valence-corrected chi connectivity index (χ3v) is 5.29. The first-order chi connectivity index (χ1) is 10.2. The molecule has 112 valence electrons. The van der Waals surface area contributed by atoms with Crippen LogP contribution in [-0.4, -0.2) is 31.8 Å². The van der Waals surface area contributed by atoms with E-state index in [1.54, 1.807) is 11.8 Å². The Morgan fingerprint density at radius 1 is 1.52 bits per heavy atom. The Labute approximate surface area is 131 Å². The maximum Gasteiger partial charge on any atom is 0.229 e. The molecule has 0 bridgehead atoms. The Bertz CT molecular complexity index is 651.